The smallest absolute Gasteiger partial charge is 0.410 e. The maximum absolute atomic E-state index is 12.7. The molecule has 0 bridgehead atoms. The van der Waals surface area contributed by atoms with E-state index in [0.717, 1.165) is 39.5 Å². The molecule has 2 heterocycles. The molecule has 3 rings (SSSR count). The highest BCUT2D eigenvalue weighted by Gasteiger charge is 2.30. The molecule has 1 aromatic carbocycles. The zero-order valence-corrected chi connectivity index (χ0v) is 17.5. The number of amides is 1. The molecular formula is C19H15F3N4O2S2. The topological polar surface area (TPSA) is 80.9 Å². The van der Waals surface area contributed by atoms with Gasteiger partial charge in [-0.3, -0.25) is 4.79 Å². The van der Waals surface area contributed by atoms with Crippen LogP contribution < -0.4 is 5.32 Å². The van der Waals surface area contributed by atoms with E-state index in [0.29, 0.717) is 5.89 Å². The molecule has 1 N–H and O–H groups in total. The first-order valence-electron chi connectivity index (χ1n) is 8.56. The van der Waals surface area contributed by atoms with Gasteiger partial charge >= 0.3 is 6.18 Å². The van der Waals surface area contributed by atoms with Crippen molar-refractivity contribution in [1.29, 1.82) is 0 Å². The first-order chi connectivity index (χ1) is 14.2. The van der Waals surface area contributed by atoms with Crippen LogP contribution in [0, 0.1) is 25.7 Å². The number of alkyl halides is 3. The number of nitrogens with one attached hydrogen (secondary N) is 1. The Labute approximate surface area is 178 Å². The van der Waals surface area contributed by atoms with E-state index in [2.05, 4.69) is 32.3 Å². The predicted octanol–water partition coefficient (Wildman–Crippen LogP) is 4.09. The highest BCUT2D eigenvalue weighted by molar-refractivity contribution is 7.99. The fourth-order valence-corrected chi connectivity index (χ4v) is 3.76. The summed E-state index contributed by atoms with van der Waals surface area (Å²) in [6.45, 7) is 3.74. The third-order valence-corrected chi connectivity index (χ3v) is 5.51. The lowest BCUT2D eigenvalue weighted by Crippen LogP contribution is -2.25. The Bertz CT molecular complexity index is 1110. The summed E-state index contributed by atoms with van der Waals surface area (Å²) in [5, 5.41) is 11.6. The number of carbonyl (C=O) groups is 1. The van der Waals surface area contributed by atoms with Crippen molar-refractivity contribution in [2.45, 2.75) is 25.2 Å². The molecule has 0 spiro atoms. The lowest BCUT2D eigenvalue weighted by molar-refractivity contribution is -0.137. The van der Waals surface area contributed by atoms with Gasteiger partial charge in [0, 0.05) is 5.56 Å². The van der Waals surface area contributed by atoms with Gasteiger partial charge in [0.1, 0.15) is 4.88 Å². The van der Waals surface area contributed by atoms with Gasteiger partial charge in [-0.25, -0.2) is 4.98 Å². The van der Waals surface area contributed by atoms with E-state index in [1.807, 2.05) is 13.8 Å². The summed E-state index contributed by atoms with van der Waals surface area (Å²) in [5.41, 5.74) is 0.257. The van der Waals surface area contributed by atoms with Gasteiger partial charge in [0.2, 0.25) is 5.91 Å². The number of aromatic nitrogens is 3. The van der Waals surface area contributed by atoms with Crippen molar-refractivity contribution >= 4 is 29.0 Å². The fourth-order valence-electron chi connectivity index (χ4n) is 2.33. The largest absolute Gasteiger partial charge is 0.416 e. The van der Waals surface area contributed by atoms with E-state index < -0.39 is 11.7 Å². The summed E-state index contributed by atoms with van der Waals surface area (Å²) in [6.07, 6.45) is -4.42. The van der Waals surface area contributed by atoms with Crippen molar-refractivity contribution in [2.75, 3.05) is 12.3 Å². The molecule has 0 aliphatic rings. The molecule has 156 valence electrons. The van der Waals surface area contributed by atoms with Gasteiger partial charge < -0.3 is 9.73 Å². The molecule has 0 aliphatic carbocycles. The van der Waals surface area contributed by atoms with Crippen LogP contribution in [0.2, 0.25) is 0 Å². The Morgan fingerprint density at radius 1 is 1.30 bits per heavy atom. The SMILES string of the molecule is Cc1nc(C)c(-c2nnc(SCC(=O)NCC#Cc3cccc(C(F)(F)F)c3)o2)s1. The van der Waals surface area contributed by atoms with Crippen LogP contribution in [0.15, 0.2) is 33.9 Å². The molecule has 0 unspecified atom stereocenters. The molecule has 30 heavy (non-hydrogen) atoms. The van der Waals surface area contributed by atoms with Crippen molar-refractivity contribution < 1.29 is 22.4 Å². The summed E-state index contributed by atoms with van der Waals surface area (Å²) in [6, 6.07) is 4.70. The molecule has 11 heteroatoms. The Morgan fingerprint density at radius 2 is 2.10 bits per heavy atom. The zero-order chi connectivity index (χ0) is 21.7. The molecule has 0 fully saturated rings. The van der Waals surface area contributed by atoms with E-state index in [4.69, 9.17) is 4.42 Å². The molecule has 0 atom stereocenters. The lowest BCUT2D eigenvalue weighted by atomic mass is 10.1. The molecule has 0 aliphatic heterocycles. The first kappa shape index (κ1) is 21.9. The molecule has 3 aromatic rings. The van der Waals surface area contributed by atoms with E-state index in [-0.39, 0.29) is 29.0 Å². The number of halogens is 3. The Balaban J connectivity index is 1.48. The van der Waals surface area contributed by atoms with Crippen LogP contribution in [0.4, 0.5) is 13.2 Å². The number of rotatable bonds is 5. The molecule has 0 saturated carbocycles. The Hall–Kier alpha value is -2.84. The fraction of sp³-hybridized carbons (Fsp3) is 0.263. The molecule has 1 amide bonds. The average molecular weight is 452 g/mol. The molecule has 0 radical (unpaired) electrons. The van der Waals surface area contributed by atoms with E-state index in [9.17, 15) is 18.0 Å². The van der Waals surface area contributed by atoms with Crippen molar-refractivity contribution in [3.63, 3.8) is 0 Å². The van der Waals surface area contributed by atoms with Gasteiger partial charge in [-0.2, -0.15) is 13.2 Å². The minimum atomic E-state index is -4.42. The van der Waals surface area contributed by atoms with Crippen LogP contribution in [-0.4, -0.2) is 33.4 Å². The third kappa shape index (κ3) is 5.84. The number of benzene rings is 1. The second-order valence-electron chi connectivity index (χ2n) is 5.97. The van der Waals surface area contributed by atoms with Crippen molar-refractivity contribution in [3.05, 3.63) is 46.1 Å². The monoisotopic (exact) mass is 452 g/mol. The summed E-state index contributed by atoms with van der Waals surface area (Å²) < 4.78 is 43.6. The number of hydrogen-bond donors (Lipinski definition) is 1. The van der Waals surface area contributed by atoms with Gasteiger partial charge in [0.15, 0.2) is 0 Å². The summed E-state index contributed by atoms with van der Waals surface area (Å²) in [4.78, 5) is 17.0. The molecular weight excluding hydrogens is 437 g/mol. The van der Waals surface area contributed by atoms with Gasteiger partial charge in [-0.15, -0.1) is 21.5 Å². The van der Waals surface area contributed by atoms with Gasteiger partial charge in [-0.05, 0) is 32.0 Å². The van der Waals surface area contributed by atoms with E-state index in [1.165, 1.54) is 23.5 Å². The second kappa shape index (κ2) is 9.32. The van der Waals surface area contributed by atoms with Crippen molar-refractivity contribution in [1.82, 2.24) is 20.5 Å². The summed E-state index contributed by atoms with van der Waals surface area (Å²) >= 11 is 2.52. The quantitative estimate of drug-likeness (QED) is 0.464. The molecule has 6 nitrogen and oxygen atoms in total. The number of thiazole rings is 1. The number of carbonyl (C=O) groups excluding carboxylic acids is 1. The number of thioether (sulfide) groups is 1. The Kier molecular flexibility index (Phi) is 6.79. The van der Waals surface area contributed by atoms with Crippen LogP contribution in [0.5, 0.6) is 0 Å². The maximum atomic E-state index is 12.7. The standard InChI is InChI=1S/C19H15F3N4O2S2/c1-11-16(30-12(2)24-11)17-25-26-18(28-17)29-10-15(27)23-8-4-6-13-5-3-7-14(9-13)19(20,21)22/h3,5,7,9H,8,10H2,1-2H3,(H,23,27). The number of aryl methyl sites for hydroxylation is 2. The average Bonchev–Trinajstić information content (AvgIpc) is 3.29. The van der Waals surface area contributed by atoms with Crippen LogP contribution in [0.25, 0.3) is 10.8 Å². The second-order valence-corrected chi connectivity index (χ2v) is 8.10. The third-order valence-electron chi connectivity index (χ3n) is 3.63. The lowest BCUT2D eigenvalue weighted by Gasteiger charge is -2.05. The van der Waals surface area contributed by atoms with E-state index in [1.54, 1.807) is 0 Å². The van der Waals surface area contributed by atoms with Crippen LogP contribution >= 0.6 is 23.1 Å². The number of nitrogens with zero attached hydrogens (tertiary/aromatic N) is 3. The Morgan fingerprint density at radius 3 is 2.80 bits per heavy atom. The highest BCUT2D eigenvalue weighted by atomic mass is 32.2. The van der Waals surface area contributed by atoms with Gasteiger partial charge in [0.05, 0.1) is 28.6 Å². The minimum Gasteiger partial charge on any atom is -0.410 e. The number of hydrogen-bond acceptors (Lipinski definition) is 7. The first-order valence-corrected chi connectivity index (χ1v) is 10.4. The zero-order valence-electron chi connectivity index (χ0n) is 15.8. The summed E-state index contributed by atoms with van der Waals surface area (Å²) in [7, 11) is 0. The molecule has 0 saturated heterocycles. The van der Waals surface area contributed by atoms with Crippen molar-refractivity contribution in [2.24, 2.45) is 0 Å². The van der Waals surface area contributed by atoms with Gasteiger partial charge in [-0.1, -0.05) is 29.7 Å². The van der Waals surface area contributed by atoms with Crippen LogP contribution in [-0.2, 0) is 11.0 Å². The van der Waals surface area contributed by atoms with Crippen LogP contribution in [0.3, 0.4) is 0 Å². The summed E-state index contributed by atoms with van der Waals surface area (Å²) in [5.74, 6) is 5.30. The normalized spacial score (nSPS) is 11.1. The predicted molar refractivity (Wildman–Crippen MR) is 107 cm³/mol. The van der Waals surface area contributed by atoms with E-state index >= 15 is 0 Å². The van der Waals surface area contributed by atoms with Crippen LogP contribution in [0.1, 0.15) is 21.8 Å². The van der Waals surface area contributed by atoms with Crippen molar-refractivity contribution in [3.8, 4) is 22.6 Å². The molecule has 2 aromatic heterocycles. The maximum Gasteiger partial charge on any atom is 0.416 e. The highest BCUT2D eigenvalue weighted by Crippen LogP contribution is 2.30. The minimum absolute atomic E-state index is 0.00403. The van der Waals surface area contributed by atoms with Gasteiger partial charge in [0.25, 0.3) is 11.1 Å².